The molecule has 4 aromatic carbocycles. The number of fused-ring (bicyclic) bond motifs is 2. The van der Waals surface area contributed by atoms with Gasteiger partial charge < -0.3 is 0 Å². The third-order valence-corrected chi connectivity index (χ3v) is 8.84. The van der Waals surface area contributed by atoms with Crippen molar-refractivity contribution < 1.29 is 0 Å². The largest absolute Gasteiger partial charge is 0.0654 e. The summed E-state index contributed by atoms with van der Waals surface area (Å²) >= 11 is 0. The molecule has 0 aromatic heterocycles. The lowest BCUT2D eigenvalue weighted by Gasteiger charge is -2.28. The molecule has 0 N–H and O–H groups in total. The normalized spacial score (nSPS) is 16.2. The van der Waals surface area contributed by atoms with Gasteiger partial charge in [0.15, 0.2) is 0 Å². The summed E-state index contributed by atoms with van der Waals surface area (Å²) in [5.74, 6) is 2.23. The SMILES string of the molecule is CCCCc1ccc(-c2cc(C)cc3c2C=C(C)[C]3C2C(C(C)C)=Cc3c(-c4ccccc4)cc(C)cc32)cc1. The molecule has 6 rings (SSSR count). The minimum absolute atomic E-state index is 0.279. The molecule has 1 unspecified atom stereocenters. The van der Waals surface area contributed by atoms with Gasteiger partial charge in [-0.3, -0.25) is 0 Å². The zero-order valence-corrected chi connectivity index (χ0v) is 24.9. The van der Waals surface area contributed by atoms with Crippen LogP contribution >= 0.6 is 0 Å². The number of allylic oxidation sites excluding steroid dienone is 2. The molecule has 40 heavy (non-hydrogen) atoms. The monoisotopic (exact) mass is 521 g/mol. The summed E-state index contributed by atoms with van der Waals surface area (Å²) in [6, 6.07) is 29.9. The Morgan fingerprint density at radius 1 is 0.675 bits per heavy atom. The molecule has 0 heterocycles. The minimum atomic E-state index is 0.279. The Hall–Kier alpha value is -3.64. The molecule has 0 heteroatoms. The summed E-state index contributed by atoms with van der Waals surface area (Å²) in [4.78, 5) is 0. The van der Waals surface area contributed by atoms with Crippen LogP contribution in [0.15, 0.2) is 90.0 Å². The highest BCUT2D eigenvalue weighted by molar-refractivity contribution is 5.90. The van der Waals surface area contributed by atoms with Gasteiger partial charge in [0, 0.05) is 11.8 Å². The van der Waals surface area contributed by atoms with Crippen LogP contribution in [0.1, 0.15) is 85.4 Å². The van der Waals surface area contributed by atoms with E-state index in [1.165, 1.54) is 91.1 Å². The third-order valence-electron chi connectivity index (χ3n) is 8.84. The maximum absolute atomic E-state index is 2.51. The summed E-state index contributed by atoms with van der Waals surface area (Å²) < 4.78 is 0. The summed E-state index contributed by atoms with van der Waals surface area (Å²) in [7, 11) is 0. The number of rotatable bonds is 7. The molecule has 1 radical (unpaired) electrons. The second kappa shape index (κ2) is 10.7. The van der Waals surface area contributed by atoms with Crippen molar-refractivity contribution in [3.63, 3.8) is 0 Å². The van der Waals surface area contributed by atoms with Crippen LogP contribution in [-0.4, -0.2) is 0 Å². The Labute approximate surface area is 241 Å². The average molecular weight is 522 g/mol. The van der Waals surface area contributed by atoms with Crippen molar-refractivity contribution in [1.82, 2.24) is 0 Å². The van der Waals surface area contributed by atoms with E-state index >= 15 is 0 Å². The van der Waals surface area contributed by atoms with Gasteiger partial charge in [-0.15, -0.1) is 0 Å². The quantitative estimate of drug-likeness (QED) is 0.227. The van der Waals surface area contributed by atoms with Gasteiger partial charge >= 0.3 is 0 Å². The van der Waals surface area contributed by atoms with E-state index in [-0.39, 0.29) is 5.92 Å². The Morgan fingerprint density at radius 2 is 1.30 bits per heavy atom. The smallest absolute Gasteiger partial charge is 0.0418 e. The summed E-state index contributed by atoms with van der Waals surface area (Å²) in [5.41, 5.74) is 18.0. The first-order valence-corrected chi connectivity index (χ1v) is 15.1. The van der Waals surface area contributed by atoms with Gasteiger partial charge in [0.05, 0.1) is 0 Å². The zero-order chi connectivity index (χ0) is 28.0. The first-order valence-electron chi connectivity index (χ1n) is 15.1. The van der Waals surface area contributed by atoms with Gasteiger partial charge in [-0.25, -0.2) is 0 Å². The van der Waals surface area contributed by atoms with Crippen LogP contribution in [0.25, 0.3) is 34.4 Å². The Morgan fingerprint density at radius 3 is 1.98 bits per heavy atom. The molecule has 0 amide bonds. The summed E-state index contributed by atoms with van der Waals surface area (Å²) in [5, 5.41) is 0. The highest BCUT2D eigenvalue weighted by Gasteiger charge is 2.40. The van der Waals surface area contributed by atoms with Crippen molar-refractivity contribution >= 4 is 12.2 Å². The molecule has 0 nitrogen and oxygen atoms in total. The van der Waals surface area contributed by atoms with E-state index in [9.17, 15) is 0 Å². The molecule has 201 valence electrons. The lowest BCUT2D eigenvalue weighted by Crippen LogP contribution is -2.15. The molecule has 0 saturated carbocycles. The third kappa shape index (κ3) is 4.68. The molecule has 2 aliphatic rings. The Bertz CT molecular complexity index is 1610. The first kappa shape index (κ1) is 26.6. The van der Waals surface area contributed by atoms with Gasteiger partial charge in [-0.2, -0.15) is 0 Å². The molecular formula is C40H41. The molecule has 4 aromatic rings. The fraction of sp³-hybridized carbons (Fsp3) is 0.275. The van der Waals surface area contributed by atoms with E-state index in [2.05, 4.69) is 133 Å². The van der Waals surface area contributed by atoms with Crippen molar-refractivity contribution in [1.29, 1.82) is 0 Å². The van der Waals surface area contributed by atoms with E-state index < -0.39 is 0 Å². The first-order chi connectivity index (χ1) is 19.4. The number of benzene rings is 4. The van der Waals surface area contributed by atoms with Crippen LogP contribution in [0, 0.1) is 25.7 Å². The number of hydrogen-bond acceptors (Lipinski definition) is 0. The maximum atomic E-state index is 2.51. The lowest BCUT2D eigenvalue weighted by atomic mass is 9.74. The fourth-order valence-corrected chi connectivity index (χ4v) is 6.87. The van der Waals surface area contributed by atoms with Crippen molar-refractivity contribution in [3.8, 4) is 22.3 Å². The second-order valence-corrected chi connectivity index (χ2v) is 12.2. The van der Waals surface area contributed by atoms with Crippen molar-refractivity contribution in [3.05, 3.63) is 135 Å². The van der Waals surface area contributed by atoms with Gasteiger partial charge in [-0.1, -0.05) is 140 Å². The molecule has 0 fully saturated rings. The summed E-state index contributed by atoms with van der Waals surface area (Å²) in [6.07, 6.45) is 8.61. The van der Waals surface area contributed by atoms with Gasteiger partial charge in [0.25, 0.3) is 0 Å². The van der Waals surface area contributed by atoms with Gasteiger partial charge in [0.1, 0.15) is 0 Å². The zero-order valence-electron chi connectivity index (χ0n) is 24.9. The van der Waals surface area contributed by atoms with Crippen LogP contribution in [0.5, 0.6) is 0 Å². The van der Waals surface area contributed by atoms with Gasteiger partial charge in [0.2, 0.25) is 0 Å². The molecule has 1 atom stereocenters. The molecule has 0 spiro atoms. The predicted molar refractivity (Wildman–Crippen MR) is 173 cm³/mol. The Balaban J connectivity index is 1.48. The minimum Gasteiger partial charge on any atom is -0.0654 e. The van der Waals surface area contributed by atoms with E-state index in [0.29, 0.717) is 5.92 Å². The maximum Gasteiger partial charge on any atom is 0.0418 e. The van der Waals surface area contributed by atoms with Crippen LogP contribution in [0.2, 0.25) is 0 Å². The number of unbranched alkanes of at least 4 members (excludes halogenated alkanes) is 1. The molecule has 0 aliphatic heterocycles. The fourth-order valence-electron chi connectivity index (χ4n) is 6.87. The van der Waals surface area contributed by atoms with E-state index in [0.717, 1.165) is 6.42 Å². The molecular weight excluding hydrogens is 480 g/mol. The highest BCUT2D eigenvalue weighted by Crippen LogP contribution is 2.56. The van der Waals surface area contributed by atoms with E-state index in [1.54, 1.807) is 0 Å². The van der Waals surface area contributed by atoms with Crippen LogP contribution in [-0.2, 0) is 6.42 Å². The molecule has 0 saturated heterocycles. The standard InChI is InChI=1S/C40H41/c1-7-8-12-29-15-17-31(18-16-29)34-20-26(4)21-37-35(34)23-28(6)39(37)40-32(25(2)3)24-36-33(19-27(5)22-38(36)40)30-13-10-9-11-14-30/h9-11,13-25,40H,7-8,12H2,1-6H3. The molecule has 2 aliphatic carbocycles. The topological polar surface area (TPSA) is 0 Å². The Kier molecular flexibility index (Phi) is 7.13. The predicted octanol–water partition coefficient (Wildman–Crippen LogP) is 11.2. The van der Waals surface area contributed by atoms with E-state index in [1.807, 2.05) is 0 Å². The lowest BCUT2D eigenvalue weighted by molar-refractivity contribution is 0.690. The van der Waals surface area contributed by atoms with Crippen LogP contribution < -0.4 is 0 Å². The van der Waals surface area contributed by atoms with Gasteiger partial charge in [-0.05, 0) is 89.6 Å². The van der Waals surface area contributed by atoms with Crippen molar-refractivity contribution in [2.45, 2.75) is 66.7 Å². The van der Waals surface area contributed by atoms with Crippen LogP contribution in [0.3, 0.4) is 0 Å². The number of hydrogen-bond donors (Lipinski definition) is 0. The second-order valence-electron chi connectivity index (χ2n) is 12.2. The average Bonchev–Trinajstić information content (AvgIpc) is 3.48. The summed E-state index contributed by atoms with van der Waals surface area (Å²) in [6.45, 7) is 13.8. The van der Waals surface area contributed by atoms with E-state index in [4.69, 9.17) is 0 Å². The van der Waals surface area contributed by atoms with Crippen molar-refractivity contribution in [2.24, 2.45) is 5.92 Å². The van der Waals surface area contributed by atoms with Crippen molar-refractivity contribution in [2.75, 3.05) is 0 Å². The number of aryl methyl sites for hydroxylation is 3. The molecule has 0 bridgehead atoms. The highest BCUT2D eigenvalue weighted by atomic mass is 14.4. The van der Waals surface area contributed by atoms with Crippen LogP contribution in [0.4, 0.5) is 0 Å².